The van der Waals surface area contributed by atoms with Crippen LogP contribution in [0.15, 0.2) is 0 Å². The van der Waals surface area contributed by atoms with Crippen LogP contribution in [0.5, 0.6) is 0 Å². The molecule has 0 aromatic carbocycles. The Morgan fingerprint density at radius 2 is 2.29 bits per heavy atom. The number of unbranched alkanes of at least 4 members (excludes halogenated alkanes) is 1. The van der Waals surface area contributed by atoms with Crippen LogP contribution < -0.4 is 4.67 Å². The topological polar surface area (TPSA) is 14.1 Å². The Balaban J connectivity index is 3.10. The van der Waals surface area contributed by atoms with Gasteiger partial charge < -0.3 is 0 Å². The first kappa shape index (κ1) is 6.45. The maximum Gasteiger partial charge on any atom is 0.268 e. The highest BCUT2D eigenvalue weighted by molar-refractivity contribution is 5.64. The zero-order valence-electron chi connectivity index (χ0n) is 5.02. The van der Waals surface area contributed by atoms with Crippen molar-refractivity contribution in [3.05, 3.63) is 0 Å². The lowest BCUT2D eigenvalue weighted by Gasteiger charge is -1.65. The summed E-state index contributed by atoms with van der Waals surface area (Å²) in [4.78, 5) is 0. The molecule has 0 aliphatic carbocycles. The summed E-state index contributed by atoms with van der Waals surface area (Å²) < 4.78 is 3.91. The fourth-order valence-electron chi connectivity index (χ4n) is 0.309. The van der Waals surface area contributed by atoms with Gasteiger partial charge in [-0.3, -0.25) is 0 Å². The largest absolute Gasteiger partial charge is 0.268 e. The van der Waals surface area contributed by atoms with Gasteiger partial charge in [-0.1, -0.05) is 6.92 Å². The summed E-state index contributed by atoms with van der Waals surface area (Å²) in [5, 5.41) is 0. The van der Waals surface area contributed by atoms with E-state index in [0.717, 1.165) is 6.42 Å². The number of nitrogens with zero attached hydrogens (tertiary/aromatic N) is 1. The van der Waals surface area contributed by atoms with E-state index in [4.69, 9.17) is 0 Å². The zero-order valence-corrected chi connectivity index (χ0v) is 5.02. The van der Waals surface area contributed by atoms with E-state index in [2.05, 4.69) is 11.6 Å². The molecule has 0 heterocycles. The SMILES string of the molecule is CC=[N+]=CCCC. The van der Waals surface area contributed by atoms with Crippen molar-refractivity contribution >= 4 is 12.4 Å². The maximum absolute atomic E-state index is 3.91. The van der Waals surface area contributed by atoms with E-state index in [-0.39, 0.29) is 0 Å². The molecule has 0 rings (SSSR count). The predicted molar refractivity (Wildman–Crippen MR) is 34.8 cm³/mol. The van der Waals surface area contributed by atoms with Crippen molar-refractivity contribution < 1.29 is 0 Å². The molecule has 0 amide bonds. The van der Waals surface area contributed by atoms with Crippen molar-refractivity contribution in [2.24, 2.45) is 0 Å². The molecule has 0 saturated heterocycles. The smallest absolute Gasteiger partial charge is 0.111 e. The van der Waals surface area contributed by atoms with Crippen molar-refractivity contribution in [3.8, 4) is 0 Å². The third-order valence-electron chi connectivity index (χ3n) is 0.672. The molecule has 0 radical (unpaired) electrons. The highest BCUT2D eigenvalue weighted by Crippen LogP contribution is 1.74. The molecule has 40 valence electrons. The normalized spacial score (nSPS) is 7.14. The van der Waals surface area contributed by atoms with Gasteiger partial charge in [0.1, 0.15) is 0 Å². The van der Waals surface area contributed by atoms with Gasteiger partial charge in [-0.15, -0.1) is 4.67 Å². The van der Waals surface area contributed by atoms with E-state index >= 15 is 0 Å². The maximum atomic E-state index is 3.91. The summed E-state index contributed by atoms with van der Waals surface area (Å²) >= 11 is 0. The van der Waals surface area contributed by atoms with Crippen LogP contribution >= 0.6 is 0 Å². The van der Waals surface area contributed by atoms with Crippen molar-refractivity contribution in [1.29, 1.82) is 0 Å². The van der Waals surface area contributed by atoms with Crippen molar-refractivity contribution in [2.45, 2.75) is 26.7 Å². The Labute approximate surface area is 44.8 Å². The molecule has 0 spiro atoms. The molecule has 0 saturated carbocycles. The van der Waals surface area contributed by atoms with E-state index in [1.807, 2.05) is 13.1 Å². The molecular weight excluding hydrogens is 86.1 g/mol. The minimum atomic E-state index is 1.10. The molecular formula is C6H12N+. The lowest BCUT2D eigenvalue weighted by molar-refractivity contribution is 1.01. The average molecular weight is 98.2 g/mol. The summed E-state index contributed by atoms with van der Waals surface area (Å²) in [5.41, 5.74) is 0. The second kappa shape index (κ2) is 5.45. The summed E-state index contributed by atoms with van der Waals surface area (Å²) in [7, 11) is 0. The first-order valence-corrected chi connectivity index (χ1v) is 2.71. The third kappa shape index (κ3) is 5.45. The molecule has 0 N–H and O–H groups in total. The quantitative estimate of drug-likeness (QED) is 0.361. The first-order valence-electron chi connectivity index (χ1n) is 2.71. The van der Waals surface area contributed by atoms with Gasteiger partial charge >= 0.3 is 0 Å². The zero-order chi connectivity index (χ0) is 5.54. The monoisotopic (exact) mass is 98.1 g/mol. The summed E-state index contributed by atoms with van der Waals surface area (Å²) in [6.07, 6.45) is 6.03. The van der Waals surface area contributed by atoms with Crippen molar-refractivity contribution in [1.82, 2.24) is 4.67 Å². The second-order valence-corrected chi connectivity index (χ2v) is 1.38. The summed E-state index contributed by atoms with van der Waals surface area (Å²) in [5.74, 6) is 0. The van der Waals surface area contributed by atoms with Crippen LogP contribution in [0.2, 0.25) is 0 Å². The lowest BCUT2D eigenvalue weighted by atomic mass is 10.4. The highest BCUT2D eigenvalue weighted by atomic mass is 14.5. The number of rotatable bonds is 2. The number of hydrogen-bond acceptors (Lipinski definition) is 0. The molecule has 0 atom stereocenters. The van der Waals surface area contributed by atoms with Gasteiger partial charge in [-0.25, -0.2) is 0 Å². The standard InChI is InChI=1S/C6H12N/c1-3-5-6-7-4-2/h4,6H,3,5H2,1-2H3/q+1. The van der Waals surface area contributed by atoms with E-state index < -0.39 is 0 Å². The fourth-order valence-corrected chi connectivity index (χ4v) is 0.309. The Morgan fingerprint density at radius 1 is 1.57 bits per heavy atom. The average Bonchev–Trinajstić information content (AvgIpc) is 1.69. The van der Waals surface area contributed by atoms with Gasteiger partial charge in [0.25, 0.3) is 12.4 Å². The predicted octanol–water partition coefficient (Wildman–Crippen LogP) is 1.02. The van der Waals surface area contributed by atoms with Gasteiger partial charge in [0, 0.05) is 13.3 Å². The minimum absolute atomic E-state index is 1.10. The molecule has 0 aliphatic rings. The molecule has 0 aliphatic heterocycles. The van der Waals surface area contributed by atoms with Crippen LogP contribution in [0.25, 0.3) is 0 Å². The second-order valence-electron chi connectivity index (χ2n) is 1.38. The molecule has 1 heteroatoms. The van der Waals surface area contributed by atoms with Crippen LogP contribution in [0.1, 0.15) is 26.7 Å². The van der Waals surface area contributed by atoms with E-state index in [1.165, 1.54) is 6.42 Å². The van der Waals surface area contributed by atoms with Crippen molar-refractivity contribution in [2.75, 3.05) is 0 Å². The molecule has 0 unspecified atom stereocenters. The summed E-state index contributed by atoms with van der Waals surface area (Å²) in [6, 6.07) is 0. The third-order valence-corrected chi connectivity index (χ3v) is 0.672. The lowest BCUT2D eigenvalue weighted by Crippen LogP contribution is -1.77. The van der Waals surface area contributed by atoms with Crippen LogP contribution in [-0.2, 0) is 0 Å². The summed E-state index contributed by atoms with van der Waals surface area (Å²) in [6.45, 7) is 4.06. The Hall–Kier alpha value is -0.550. The Morgan fingerprint density at radius 3 is 2.71 bits per heavy atom. The van der Waals surface area contributed by atoms with E-state index in [0.29, 0.717) is 0 Å². The van der Waals surface area contributed by atoms with Gasteiger partial charge in [0.05, 0.1) is 0 Å². The van der Waals surface area contributed by atoms with Gasteiger partial charge in [0.2, 0.25) is 0 Å². The molecule has 1 nitrogen and oxygen atoms in total. The molecule has 0 fully saturated rings. The van der Waals surface area contributed by atoms with E-state index in [9.17, 15) is 0 Å². The van der Waals surface area contributed by atoms with Gasteiger partial charge in [-0.05, 0) is 6.42 Å². The Bertz CT molecular complexity index is 78.2. The Kier molecular flexibility index (Phi) is 5.02. The first-order chi connectivity index (χ1) is 3.41. The fraction of sp³-hybridized carbons (Fsp3) is 0.667. The van der Waals surface area contributed by atoms with Crippen LogP contribution in [0, 0.1) is 0 Å². The number of hydrogen-bond donors (Lipinski definition) is 0. The van der Waals surface area contributed by atoms with Crippen LogP contribution in [-0.4, -0.2) is 12.4 Å². The van der Waals surface area contributed by atoms with Crippen LogP contribution in [0.4, 0.5) is 0 Å². The molecule has 0 bridgehead atoms. The van der Waals surface area contributed by atoms with Crippen LogP contribution in [0.3, 0.4) is 0 Å². The molecule has 7 heavy (non-hydrogen) atoms. The molecule has 0 aromatic rings. The van der Waals surface area contributed by atoms with Gasteiger partial charge in [-0.2, -0.15) is 0 Å². The van der Waals surface area contributed by atoms with E-state index in [1.54, 1.807) is 6.21 Å². The minimum Gasteiger partial charge on any atom is -0.111 e. The molecule has 0 aromatic heterocycles. The van der Waals surface area contributed by atoms with Crippen molar-refractivity contribution in [3.63, 3.8) is 0 Å². The van der Waals surface area contributed by atoms with Gasteiger partial charge in [0.15, 0.2) is 0 Å². The highest BCUT2D eigenvalue weighted by Gasteiger charge is 1.75.